The van der Waals surface area contributed by atoms with E-state index in [1.165, 1.54) is 6.33 Å². The minimum Gasteiger partial charge on any atom is -0.462 e. The number of rotatable bonds is 5. The highest BCUT2D eigenvalue weighted by atomic mass is 16.5. The zero-order chi connectivity index (χ0) is 16.9. The number of fused-ring (bicyclic) bond motifs is 1. The van der Waals surface area contributed by atoms with Crippen molar-refractivity contribution in [3.63, 3.8) is 0 Å². The van der Waals surface area contributed by atoms with Crippen LogP contribution in [0.4, 0.5) is 11.5 Å². The first-order valence-corrected chi connectivity index (χ1v) is 7.73. The van der Waals surface area contributed by atoms with E-state index in [2.05, 4.69) is 20.3 Å². The van der Waals surface area contributed by atoms with Crippen LogP contribution in [0, 0.1) is 5.92 Å². The van der Waals surface area contributed by atoms with Crippen LogP contribution < -0.4 is 5.32 Å². The number of hydrogen-bond acceptors (Lipinski definition) is 6. The molecule has 6 nitrogen and oxygen atoms in total. The van der Waals surface area contributed by atoms with Gasteiger partial charge in [0.2, 0.25) is 0 Å². The van der Waals surface area contributed by atoms with E-state index in [4.69, 9.17) is 4.74 Å². The number of anilines is 2. The molecule has 3 rings (SSSR count). The topological polar surface area (TPSA) is 77.0 Å². The van der Waals surface area contributed by atoms with Gasteiger partial charge in [0.1, 0.15) is 12.1 Å². The number of carbonyl (C=O) groups excluding carboxylic acids is 1. The second-order valence-corrected chi connectivity index (χ2v) is 5.79. The van der Waals surface area contributed by atoms with Gasteiger partial charge in [0.15, 0.2) is 5.65 Å². The van der Waals surface area contributed by atoms with Crippen molar-refractivity contribution in [2.45, 2.75) is 13.8 Å². The van der Waals surface area contributed by atoms with E-state index in [-0.39, 0.29) is 5.97 Å². The molecule has 0 radical (unpaired) electrons. The largest absolute Gasteiger partial charge is 0.462 e. The highest BCUT2D eigenvalue weighted by molar-refractivity contribution is 5.91. The smallest absolute Gasteiger partial charge is 0.338 e. The number of nitrogens with one attached hydrogen (secondary N) is 1. The van der Waals surface area contributed by atoms with E-state index in [9.17, 15) is 4.79 Å². The number of esters is 1. The molecule has 0 spiro atoms. The number of benzene rings is 1. The molecule has 0 saturated carbocycles. The molecule has 0 aliphatic carbocycles. The third-order valence-corrected chi connectivity index (χ3v) is 3.34. The summed E-state index contributed by atoms with van der Waals surface area (Å²) in [6, 6.07) is 10.8. The zero-order valence-electron chi connectivity index (χ0n) is 13.6. The van der Waals surface area contributed by atoms with Crippen LogP contribution in [-0.4, -0.2) is 27.5 Å². The molecule has 0 fully saturated rings. The molecule has 2 heterocycles. The summed E-state index contributed by atoms with van der Waals surface area (Å²) >= 11 is 0. The third-order valence-electron chi connectivity index (χ3n) is 3.34. The number of nitrogens with zero attached hydrogens (tertiary/aromatic N) is 3. The lowest BCUT2D eigenvalue weighted by molar-refractivity contribution is 0.0459. The molecule has 0 aliphatic rings. The standard InChI is InChI=1S/C18H18N4O2/c1-12(2)10-24-18(23)13-5-7-14(8-6-13)22-17-15-4-3-9-19-16(15)20-11-21-17/h3-9,11-12H,10H2,1-2H3,(H,19,20,21,22). The maximum atomic E-state index is 11.9. The van der Waals surface area contributed by atoms with Crippen molar-refractivity contribution in [3.05, 3.63) is 54.5 Å². The van der Waals surface area contributed by atoms with Crippen molar-refractivity contribution in [2.75, 3.05) is 11.9 Å². The van der Waals surface area contributed by atoms with E-state index < -0.39 is 0 Å². The van der Waals surface area contributed by atoms with Crippen LogP contribution in [-0.2, 0) is 4.74 Å². The average Bonchev–Trinajstić information content (AvgIpc) is 2.60. The number of ether oxygens (including phenoxy) is 1. The molecule has 6 heteroatoms. The van der Waals surface area contributed by atoms with Crippen LogP contribution in [0.15, 0.2) is 48.9 Å². The molecule has 0 bridgehead atoms. The van der Waals surface area contributed by atoms with Crippen molar-refractivity contribution >= 4 is 28.5 Å². The number of aromatic nitrogens is 3. The molecule has 1 N–H and O–H groups in total. The highest BCUT2D eigenvalue weighted by Crippen LogP contribution is 2.21. The van der Waals surface area contributed by atoms with Crippen molar-refractivity contribution in [1.82, 2.24) is 15.0 Å². The predicted octanol–water partition coefficient (Wildman–Crippen LogP) is 3.58. The minimum absolute atomic E-state index is 0.313. The average molecular weight is 322 g/mol. The maximum absolute atomic E-state index is 11.9. The van der Waals surface area contributed by atoms with Crippen molar-refractivity contribution in [3.8, 4) is 0 Å². The van der Waals surface area contributed by atoms with Crippen LogP contribution in [0.5, 0.6) is 0 Å². The van der Waals surface area contributed by atoms with Gasteiger partial charge >= 0.3 is 5.97 Å². The van der Waals surface area contributed by atoms with Crippen LogP contribution >= 0.6 is 0 Å². The SMILES string of the molecule is CC(C)COC(=O)c1ccc(Nc2ncnc3ncccc23)cc1. The molecule has 24 heavy (non-hydrogen) atoms. The summed E-state index contributed by atoms with van der Waals surface area (Å²) in [5.41, 5.74) is 1.97. The molecule has 0 atom stereocenters. The monoisotopic (exact) mass is 322 g/mol. The van der Waals surface area contributed by atoms with Gasteiger partial charge in [-0.25, -0.2) is 19.7 Å². The summed E-state index contributed by atoms with van der Waals surface area (Å²) in [6.45, 7) is 4.42. The second kappa shape index (κ2) is 7.04. The van der Waals surface area contributed by atoms with Gasteiger partial charge in [-0.1, -0.05) is 13.8 Å². The van der Waals surface area contributed by atoms with Gasteiger partial charge in [0, 0.05) is 11.9 Å². The van der Waals surface area contributed by atoms with E-state index in [0.717, 1.165) is 11.1 Å². The summed E-state index contributed by atoms with van der Waals surface area (Å²) in [5.74, 6) is 0.671. The lowest BCUT2D eigenvalue weighted by atomic mass is 10.2. The van der Waals surface area contributed by atoms with Gasteiger partial charge < -0.3 is 10.1 Å². The Labute approximate surface area is 139 Å². The summed E-state index contributed by atoms with van der Waals surface area (Å²) in [5, 5.41) is 4.05. The first-order valence-electron chi connectivity index (χ1n) is 7.73. The van der Waals surface area contributed by atoms with Crippen LogP contribution in [0.25, 0.3) is 11.0 Å². The highest BCUT2D eigenvalue weighted by Gasteiger charge is 2.09. The summed E-state index contributed by atoms with van der Waals surface area (Å²) in [4.78, 5) is 24.5. The zero-order valence-corrected chi connectivity index (χ0v) is 13.6. The predicted molar refractivity (Wildman–Crippen MR) is 92.2 cm³/mol. The third kappa shape index (κ3) is 3.65. The van der Waals surface area contributed by atoms with Crippen LogP contribution in [0.3, 0.4) is 0 Å². The van der Waals surface area contributed by atoms with Gasteiger partial charge in [-0.15, -0.1) is 0 Å². The van der Waals surface area contributed by atoms with Crippen LogP contribution in [0.1, 0.15) is 24.2 Å². The summed E-state index contributed by atoms with van der Waals surface area (Å²) in [7, 11) is 0. The van der Waals surface area contributed by atoms with Crippen molar-refractivity contribution < 1.29 is 9.53 Å². The van der Waals surface area contributed by atoms with Gasteiger partial charge in [-0.3, -0.25) is 0 Å². The molecule has 2 aromatic heterocycles. The Morgan fingerprint density at radius 2 is 1.92 bits per heavy atom. The fourth-order valence-electron chi connectivity index (χ4n) is 2.15. The summed E-state index contributed by atoms with van der Waals surface area (Å²) in [6.07, 6.45) is 3.16. The first-order chi connectivity index (χ1) is 11.6. The van der Waals surface area contributed by atoms with Gasteiger partial charge in [0.25, 0.3) is 0 Å². The number of hydrogen-bond donors (Lipinski definition) is 1. The molecular formula is C18H18N4O2. The Morgan fingerprint density at radius 1 is 1.12 bits per heavy atom. The van der Waals surface area contributed by atoms with E-state index in [1.807, 2.05) is 38.1 Å². The Hall–Kier alpha value is -3.02. The van der Waals surface area contributed by atoms with Crippen molar-refractivity contribution in [2.24, 2.45) is 5.92 Å². The summed E-state index contributed by atoms with van der Waals surface area (Å²) < 4.78 is 5.22. The number of pyridine rings is 1. The second-order valence-electron chi connectivity index (χ2n) is 5.79. The van der Waals surface area contributed by atoms with E-state index in [1.54, 1.807) is 18.3 Å². The molecular weight excluding hydrogens is 304 g/mol. The van der Waals surface area contributed by atoms with Gasteiger partial charge in [0.05, 0.1) is 17.6 Å². The molecule has 0 aliphatic heterocycles. The van der Waals surface area contributed by atoms with E-state index in [0.29, 0.717) is 29.6 Å². The first kappa shape index (κ1) is 15.9. The molecule has 0 saturated heterocycles. The van der Waals surface area contributed by atoms with Gasteiger partial charge in [-0.2, -0.15) is 0 Å². The molecule has 0 unspecified atom stereocenters. The lowest BCUT2D eigenvalue weighted by Gasteiger charge is -2.09. The Kier molecular flexibility index (Phi) is 4.65. The Bertz CT molecular complexity index is 842. The fourth-order valence-corrected chi connectivity index (χ4v) is 2.15. The van der Waals surface area contributed by atoms with Crippen molar-refractivity contribution in [1.29, 1.82) is 0 Å². The normalized spacial score (nSPS) is 10.8. The molecule has 122 valence electrons. The Balaban J connectivity index is 1.75. The molecule has 1 aromatic carbocycles. The maximum Gasteiger partial charge on any atom is 0.338 e. The molecule has 3 aromatic rings. The Morgan fingerprint density at radius 3 is 2.67 bits per heavy atom. The van der Waals surface area contributed by atoms with E-state index >= 15 is 0 Å². The number of carbonyl (C=O) groups is 1. The van der Waals surface area contributed by atoms with Crippen LogP contribution in [0.2, 0.25) is 0 Å². The minimum atomic E-state index is -0.313. The fraction of sp³-hybridized carbons (Fsp3) is 0.222. The van der Waals surface area contributed by atoms with Gasteiger partial charge in [-0.05, 0) is 42.3 Å². The molecule has 0 amide bonds. The lowest BCUT2D eigenvalue weighted by Crippen LogP contribution is -2.10. The quantitative estimate of drug-likeness (QED) is 0.723.